The molecule has 0 radical (unpaired) electrons. The van der Waals surface area contributed by atoms with E-state index in [2.05, 4.69) is 10.6 Å². The van der Waals surface area contributed by atoms with E-state index in [-0.39, 0.29) is 18.5 Å². The fraction of sp³-hybridized carbons (Fsp3) is 0.889. The number of carbonyl (C=O) groups is 1. The molecule has 0 bridgehead atoms. The molecule has 1 aliphatic carbocycles. The Morgan fingerprint density at radius 3 is 2.57 bits per heavy atom. The van der Waals surface area contributed by atoms with Crippen molar-refractivity contribution >= 4 is 5.91 Å². The van der Waals surface area contributed by atoms with E-state index in [0.29, 0.717) is 0 Å². The third-order valence-corrected chi connectivity index (χ3v) is 2.30. The van der Waals surface area contributed by atoms with Crippen molar-refractivity contribution in [3.8, 4) is 0 Å². The maximum Gasteiger partial charge on any atom is 0.250 e. The van der Waals surface area contributed by atoms with Crippen LogP contribution in [-0.4, -0.2) is 31.5 Å². The average Bonchev–Trinajstić information content (AvgIpc) is 2.56. The Labute approximate surface area is 82.2 Å². The molecule has 2 N–H and O–H groups in total. The molecule has 1 amide bonds. The van der Waals surface area contributed by atoms with Gasteiger partial charge in [0.15, 0.2) is 0 Å². The molecule has 0 saturated heterocycles. The number of halogens is 2. The molecular formula is C9H16F2N2O. The molecule has 1 aliphatic rings. The fourth-order valence-electron chi connectivity index (χ4n) is 1.64. The minimum Gasteiger partial charge on any atom is -0.352 e. The van der Waals surface area contributed by atoms with Crippen molar-refractivity contribution in [3.05, 3.63) is 0 Å². The van der Waals surface area contributed by atoms with Gasteiger partial charge in [0.1, 0.15) is 0 Å². The van der Waals surface area contributed by atoms with Gasteiger partial charge in [-0.25, -0.2) is 8.78 Å². The van der Waals surface area contributed by atoms with Gasteiger partial charge in [-0.1, -0.05) is 12.8 Å². The first-order chi connectivity index (χ1) is 6.68. The summed E-state index contributed by atoms with van der Waals surface area (Å²) in [6, 6.07) is 0.260. The Balaban J connectivity index is 2.03. The summed E-state index contributed by atoms with van der Waals surface area (Å²) in [5.74, 6) is -0.183. The van der Waals surface area contributed by atoms with Crippen LogP contribution in [0.25, 0.3) is 0 Å². The smallest absolute Gasteiger partial charge is 0.250 e. The minimum absolute atomic E-state index is 0.0131. The zero-order valence-electron chi connectivity index (χ0n) is 8.06. The normalized spacial score (nSPS) is 17.6. The summed E-state index contributed by atoms with van der Waals surface area (Å²) in [5, 5.41) is 5.20. The van der Waals surface area contributed by atoms with Crippen molar-refractivity contribution in [1.29, 1.82) is 0 Å². The second-order valence-electron chi connectivity index (χ2n) is 3.57. The monoisotopic (exact) mass is 206 g/mol. The van der Waals surface area contributed by atoms with Crippen LogP contribution in [0.15, 0.2) is 0 Å². The van der Waals surface area contributed by atoms with Gasteiger partial charge in [0.25, 0.3) is 6.43 Å². The number of hydrogen-bond acceptors (Lipinski definition) is 2. The van der Waals surface area contributed by atoms with Gasteiger partial charge >= 0.3 is 0 Å². The standard InChI is InChI=1S/C9H16F2N2O/c10-8(11)5-12-6-9(14)13-7-3-1-2-4-7/h7-8,12H,1-6H2,(H,13,14). The topological polar surface area (TPSA) is 41.1 Å². The number of alkyl halides is 2. The van der Waals surface area contributed by atoms with Crippen LogP contribution in [0.2, 0.25) is 0 Å². The van der Waals surface area contributed by atoms with Crippen LogP contribution in [0.1, 0.15) is 25.7 Å². The van der Waals surface area contributed by atoms with Crippen molar-refractivity contribution in [3.63, 3.8) is 0 Å². The van der Waals surface area contributed by atoms with E-state index >= 15 is 0 Å². The van der Waals surface area contributed by atoms with Crippen molar-refractivity contribution in [2.75, 3.05) is 13.1 Å². The SMILES string of the molecule is O=C(CNCC(F)F)NC1CCCC1. The lowest BCUT2D eigenvalue weighted by Crippen LogP contribution is -2.40. The van der Waals surface area contributed by atoms with E-state index in [9.17, 15) is 13.6 Å². The van der Waals surface area contributed by atoms with Gasteiger partial charge in [0, 0.05) is 6.04 Å². The Morgan fingerprint density at radius 2 is 2.00 bits per heavy atom. The van der Waals surface area contributed by atoms with Crippen LogP contribution in [0.5, 0.6) is 0 Å². The first-order valence-electron chi connectivity index (χ1n) is 4.96. The molecule has 3 nitrogen and oxygen atoms in total. The second kappa shape index (κ2) is 5.90. The van der Waals surface area contributed by atoms with Crippen molar-refractivity contribution in [2.24, 2.45) is 0 Å². The summed E-state index contributed by atoms with van der Waals surface area (Å²) in [5.41, 5.74) is 0. The zero-order chi connectivity index (χ0) is 10.4. The van der Waals surface area contributed by atoms with Crippen molar-refractivity contribution < 1.29 is 13.6 Å². The van der Waals surface area contributed by atoms with E-state index < -0.39 is 13.0 Å². The van der Waals surface area contributed by atoms with E-state index in [0.717, 1.165) is 25.7 Å². The molecule has 0 spiro atoms. The molecular weight excluding hydrogens is 190 g/mol. The summed E-state index contributed by atoms with van der Waals surface area (Å²) < 4.78 is 23.4. The Kier molecular flexibility index (Phi) is 4.79. The Hall–Kier alpha value is -0.710. The van der Waals surface area contributed by atoms with E-state index in [1.807, 2.05) is 0 Å². The predicted molar refractivity (Wildman–Crippen MR) is 49.3 cm³/mol. The highest BCUT2D eigenvalue weighted by Crippen LogP contribution is 2.17. The molecule has 1 fully saturated rings. The lowest BCUT2D eigenvalue weighted by atomic mass is 10.2. The molecule has 0 aromatic rings. The maximum atomic E-state index is 11.7. The highest BCUT2D eigenvalue weighted by Gasteiger charge is 2.16. The van der Waals surface area contributed by atoms with E-state index in [4.69, 9.17) is 0 Å². The zero-order valence-corrected chi connectivity index (χ0v) is 8.06. The summed E-state index contributed by atoms with van der Waals surface area (Å²) in [6.45, 7) is -0.432. The number of hydrogen-bond donors (Lipinski definition) is 2. The highest BCUT2D eigenvalue weighted by molar-refractivity contribution is 5.78. The van der Waals surface area contributed by atoms with Gasteiger partial charge in [-0.2, -0.15) is 0 Å². The molecule has 0 unspecified atom stereocenters. The molecule has 0 aliphatic heterocycles. The summed E-state index contributed by atoms with van der Waals surface area (Å²) >= 11 is 0. The Bertz CT molecular complexity index is 182. The van der Waals surface area contributed by atoms with Crippen LogP contribution >= 0.6 is 0 Å². The largest absolute Gasteiger partial charge is 0.352 e. The van der Waals surface area contributed by atoms with Crippen molar-refractivity contribution in [2.45, 2.75) is 38.2 Å². The highest BCUT2D eigenvalue weighted by atomic mass is 19.3. The number of nitrogens with one attached hydrogen (secondary N) is 2. The molecule has 0 aromatic heterocycles. The quantitative estimate of drug-likeness (QED) is 0.701. The minimum atomic E-state index is -2.39. The molecule has 14 heavy (non-hydrogen) atoms. The average molecular weight is 206 g/mol. The Morgan fingerprint density at radius 1 is 1.36 bits per heavy atom. The van der Waals surface area contributed by atoms with Crippen LogP contribution in [0.4, 0.5) is 8.78 Å². The molecule has 0 heterocycles. The number of carbonyl (C=O) groups excluding carboxylic acids is 1. The third kappa shape index (κ3) is 4.50. The summed E-state index contributed by atoms with van der Waals surface area (Å²) in [7, 11) is 0. The molecule has 5 heteroatoms. The first-order valence-corrected chi connectivity index (χ1v) is 4.96. The second-order valence-corrected chi connectivity index (χ2v) is 3.57. The molecule has 0 aromatic carbocycles. The van der Waals surface area contributed by atoms with E-state index in [1.54, 1.807) is 0 Å². The number of amides is 1. The molecule has 1 saturated carbocycles. The lowest BCUT2D eigenvalue weighted by Gasteiger charge is -2.11. The van der Waals surface area contributed by atoms with Gasteiger partial charge < -0.3 is 10.6 Å². The van der Waals surface area contributed by atoms with Crippen LogP contribution < -0.4 is 10.6 Å². The predicted octanol–water partition coefficient (Wildman–Crippen LogP) is 0.900. The molecule has 1 rings (SSSR count). The maximum absolute atomic E-state index is 11.7. The summed E-state index contributed by atoms with van der Waals surface area (Å²) in [4.78, 5) is 11.2. The van der Waals surface area contributed by atoms with E-state index in [1.165, 1.54) is 0 Å². The fourth-order valence-corrected chi connectivity index (χ4v) is 1.64. The third-order valence-electron chi connectivity index (χ3n) is 2.30. The summed E-state index contributed by atoms with van der Waals surface area (Å²) in [6.07, 6.45) is 1.93. The lowest BCUT2D eigenvalue weighted by molar-refractivity contribution is -0.120. The molecule has 0 atom stereocenters. The first kappa shape index (κ1) is 11.4. The van der Waals surface area contributed by atoms with Gasteiger partial charge in [0.05, 0.1) is 13.1 Å². The van der Waals surface area contributed by atoms with Gasteiger partial charge in [-0.15, -0.1) is 0 Å². The van der Waals surface area contributed by atoms with Gasteiger partial charge in [0.2, 0.25) is 5.91 Å². The van der Waals surface area contributed by atoms with Crippen LogP contribution in [0, 0.1) is 0 Å². The van der Waals surface area contributed by atoms with Gasteiger partial charge in [-0.05, 0) is 12.8 Å². The van der Waals surface area contributed by atoms with Crippen molar-refractivity contribution in [1.82, 2.24) is 10.6 Å². The van der Waals surface area contributed by atoms with Crippen LogP contribution in [-0.2, 0) is 4.79 Å². The molecule has 82 valence electrons. The van der Waals surface area contributed by atoms with Gasteiger partial charge in [-0.3, -0.25) is 4.79 Å². The number of rotatable bonds is 5. The van der Waals surface area contributed by atoms with Crippen LogP contribution in [0.3, 0.4) is 0 Å².